The molecule has 0 aliphatic heterocycles. The van der Waals surface area contributed by atoms with Gasteiger partial charge in [-0.15, -0.1) is 11.3 Å². The highest BCUT2D eigenvalue weighted by Gasteiger charge is 2.59. The predicted octanol–water partition coefficient (Wildman–Crippen LogP) is 5.17. The summed E-state index contributed by atoms with van der Waals surface area (Å²) >= 11 is 1.77. The molecule has 23 heavy (non-hydrogen) atoms. The third kappa shape index (κ3) is 1.83. The molecule has 1 aromatic rings. The first-order valence-corrected chi connectivity index (χ1v) is 10.6. The van der Waals surface area contributed by atoms with E-state index in [2.05, 4.69) is 13.8 Å². The van der Waals surface area contributed by atoms with Crippen LogP contribution < -0.4 is 5.73 Å². The Balaban J connectivity index is 1.51. The van der Waals surface area contributed by atoms with Gasteiger partial charge in [0.1, 0.15) is 0 Å². The first-order chi connectivity index (χ1) is 11.0. The fourth-order valence-corrected chi connectivity index (χ4v) is 8.47. The lowest BCUT2D eigenvalue weighted by molar-refractivity contribution is -0.0907. The second-order valence-electron chi connectivity index (χ2n) is 9.39. The second kappa shape index (κ2) is 4.74. The maximum atomic E-state index is 6.02. The van der Waals surface area contributed by atoms with Crippen LogP contribution in [0.5, 0.6) is 0 Å². The van der Waals surface area contributed by atoms with Gasteiger partial charge in [0.05, 0.1) is 5.69 Å². The summed E-state index contributed by atoms with van der Waals surface area (Å²) in [7, 11) is 0. The fourth-order valence-electron chi connectivity index (χ4n) is 7.44. The number of hydrogen-bond donors (Lipinski definition) is 1. The summed E-state index contributed by atoms with van der Waals surface area (Å²) in [4.78, 5) is 6.30. The molecule has 126 valence electrons. The van der Waals surface area contributed by atoms with E-state index in [-0.39, 0.29) is 0 Å². The van der Waals surface area contributed by atoms with E-state index in [4.69, 9.17) is 10.7 Å². The first kappa shape index (κ1) is 14.7. The van der Waals surface area contributed by atoms with E-state index in [1.807, 2.05) is 0 Å². The molecule has 3 fully saturated rings. The second-order valence-corrected chi connectivity index (χ2v) is 10.5. The van der Waals surface area contributed by atoms with Crippen LogP contribution in [0.1, 0.15) is 75.8 Å². The van der Waals surface area contributed by atoms with Gasteiger partial charge in [0, 0.05) is 10.3 Å². The number of hydrogen-bond acceptors (Lipinski definition) is 3. The molecule has 1 heterocycles. The van der Waals surface area contributed by atoms with Crippen LogP contribution in [0.2, 0.25) is 0 Å². The van der Waals surface area contributed by atoms with Gasteiger partial charge >= 0.3 is 0 Å². The maximum Gasteiger partial charge on any atom is 0.180 e. The monoisotopic (exact) mass is 330 g/mol. The number of nitrogens with two attached hydrogens (primary N) is 1. The van der Waals surface area contributed by atoms with Crippen LogP contribution in [0.25, 0.3) is 0 Å². The van der Waals surface area contributed by atoms with Crippen molar-refractivity contribution in [3.63, 3.8) is 0 Å². The molecule has 0 bridgehead atoms. The van der Waals surface area contributed by atoms with Crippen LogP contribution in [0.4, 0.5) is 5.13 Å². The Bertz CT molecular complexity index is 638. The van der Waals surface area contributed by atoms with Crippen LogP contribution in [-0.4, -0.2) is 4.98 Å². The number of nitrogen functional groups attached to an aromatic ring is 1. The molecule has 2 N–H and O–H groups in total. The molecule has 1 aromatic heterocycles. The third-order valence-electron chi connectivity index (χ3n) is 8.63. The molecular formula is C20H30N2S. The largest absolute Gasteiger partial charge is 0.375 e. The SMILES string of the molecule is C[C@@]12CCC3C(CC[C@@H]4CCCC[C@@]34C)C1Cc1sc(N)nc12. The zero-order chi connectivity index (χ0) is 15.8. The molecule has 6 atom stereocenters. The molecule has 0 radical (unpaired) electrons. The van der Waals surface area contributed by atoms with Crippen molar-refractivity contribution in [2.24, 2.45) is 29.1 Å². The lowest BCUT2D eigenvalue weighted by Crippen LogP contribution is -2.53. The highest BCUT2D eigenvalue weighted by atomic mass is 32.1. The molecule has 3 heteroatoms. The Kier molecular flexibility index (Phi) is 3.04. The molecule has 0 saturated heterocycles. The molecule has 3 saturated carbocycles. The molecule has 3 unspecified atom stereocenters. The van der Waals surface area contributed by atoms with Crippen molar-refractivity contribution < 1.29 is 0 Å². The zero-order valence-corrected chi connectivity index (χ0v) is 15.4. The number of thiazole rings is 1. The van der Waals surface area contributed by atoms with Crippen molar-refractivity contribution in [1.82, 2.24) is 4.98 Å². The summed E-state index contributed by atoms with van der Waals surface area (Å²) in [6, 6.07) is 0. The number of fused-ring (bicyclic) bond motifs is 7. The van der Waals surface area contributed by atoms with E-state index in [0.717, 1.165) is 28.8 Å². The van der Waals surface area contributed by atoms with Crippen molar-refractivity contribution in [3.8, 4) is 0 Å². The van der Waals surface area contributed by atoms with Gasteiger partial charge in [0.2, 0.25) is 0 Å². The van der Waals surface area contributed by atoms with Gasteiger partial charge in [-0.25, -0.2) is 4.98 Å². The van der Waals surface area contributed by atoms with E-state index >= 15 is 0 Å². The minimum atomic E-state index is 0.322. The third-order valence-corrected chi connectivity index (χ3v) is 9.54. The number of nitrogens with zero attached hydrogens (tertiary/aromatic N) is 1. The smallest absolute Gasteiger partial charge is 0.180 e. The summed E-state index contributed by atoms with van der Waals surface area (Å²) in [5.74, 6) is 3.78. The van der Waals surface area contributed by atoms with Crippen LogP contribution >= 0.6 is 11.3 Å². The van der Waals surface area contributed by atoms with Crippen molar-refractivity contribution in [1.29, 1.82) is 0 Å². The van der Waals surface area contributed by atoms with Gasteiger partial charge in [-0.05, 0) is 74.0 Å². The van der Waals surface area contributed by atoms with Crippen molar-refractivity contribution in [3.05, 3.63) is 10.6 Å². The lowest BCUT2D eigenvalue weighted by Gasteiger charge is -2.59. The lowest BCUT2D eigenvalue weighted by atomic mass is 9.45. The van der Waals surface area contributed by atoms with E-state index in [9.17, 15) is 0 Å². The quantitative estimate of drug-likeness (QED) is 0.712. The Morgan fingerprint density at radius 1 is 1.04 bits per heavy atom. The summed E-state index contributed by atoms with van der Waals surface area (Å²) in [5.41, 5.74) is 8.37. The Labute approximate surface area is 144 Å². The predicted molar refractivity (Wildman–Crippen MR) is 96.6 cm³/mol. The molecular weight excluding hydrogens is 300 g/mol. The number of anilines is 1. The summed E-state index contributed by atoms with van der Waals surface area (Å²) in [6.45, 7) is 5.17. The maximum absolute atomic E-state index is 6.02. The van der Waals surface area contributed by atoms with Gasteiger partial charge in [-0.1, -0.05) is 26.7 Å². The highest BCUT2D eigenvalue weighted by Crippen LogP contribution is 2.65. The molecule has 2 nitrogen and oxygen atoms in total. The topological polar surface area (TPSA) is 38.9 Å². The number of aromatic nitrogens is 1. The molecule has 0 amide bonds. The Hall–Kier alpha value is -0.570. The van der Waals surface area contributed by atoms with Crippen molar-refractivity contribution in [2.75, 3.05) is 5.73 Å². The normalized spacial score (nSPS) is 48.3. The summed E-state index contributed by atoms with van der Waals surface area (Å²) in [6.07, 6.45) is 13.0. The van der Waals surface area contributed by atoms with Crippen molar-refractivity contribution in [2.45, 2.75) is 77.0 Å². The standard InChI is InChI=1S/C20H30N2S/c1-19-9-4-3-5-12(19)6-7-13-14(19)8-10-20(2)15(13)11-16-17(20)22-18(21)23-16/h12-15H,3-11H2,1-2H3,(H2,21,22)/t12-,13?,14?,15?,19+,20+/m0/s1. The van der Waals surface area contributed by atoms with Crippen LogP contribution in [0.15, 0.2) is 0 Å². The Morgan fingerprint density at radius 2 is 1.91 bits per heavy atom. The van der Waals surface area contributed by atoms with Gasteiger partial charge in [0.15, 0.2) is 5.13 Å². The molecule has 5 rings (SSSR count). The summed E-state index contributed by atoms with van der Waals surface area (Å²) < 4.78 is 0. The highest BCUT2D eigenvalue weighted by molar-refractivity contribution is 7.15. The van der Waals surface area contributed by atoms with Gasteiger partial charge < -0.3 is 5.73 Å². The average molecular weight is 331 g/mol. The fraction of sp³-hybridized carbons (Fsp3) is 0.850. The van der Waals surface area contributed by atoms with Crippen LogP contribution in [0.3, 0.4) is 0 Å². The van der Waals surface area contributed by atoms with E-state index in [1.165, 1.54) is 68.4 Å². The molecule has 4 aliphatic rings. The summed E-state index contributed by atoms with van der Waals surface area (Å²) in [5, 5.41) is 0.791. The van der Waals surface area contributed by atoms with E-state index in [1.54, 1.807) is 11.3 Å². The molecule has 4 aliphatic carbocycles. The van der Waals surface area contributed by atoms with E-state index in [0.29, 0.717) is 10.8 Å². The molecule has 0 spiro atoms. The van der Waals surface area contributed by atoms with Gasteiger partial charge in [-0.2, -0.15) is 0 Å². The number of rotatable bonds is 0. The van der Waals surface area contributed by atoms with Crippen molar-refractivity contribution >= 4 is 16.5 Å². The minimum Gasteiger partial charge on any atom is -0.375 e. The minimum absolute atomic E-state index is 0.322. The zero-order valence-electron chi connectivity index (χ0n) is 14.6. The van der Waals surface area contributed by atoms with Crippen LogP contribution in [-0.2, 0) is 11.8 Å². The van der Waals surface area contributed by atoms with Gasteiger partial charge in [-0.3, -0.25) is 0 Å². The Morgan fingerprint density at radius 3 is 2.78 bits per heavy atom. The average Bonchev–Trinajstić information content (AvgIpc) is 3.02. The first-order valence-electron chi connectivity index (χ1n) is 9.78. The van der Waals surface area contributed by atoms with Crippen LogP contribution in [0, 0.1) is 29.1 Å². The van der Waals surface area contributed by atoms with Gasteiger partial charge in [0.25, 0.3) is 0 Å². The molecule has 0 aromatic carbocycles. The van der Waals surface area contributed by atoms with E-state index < -0.39 is 0 Å².